The summed E-state index contributed by atoms with van der Waals surface area (Å²) in [6.07, 6.45) is 4.69. The van der Waals surface area contributed by atoms with Gasteiger partial charge in [0.25, 0.3) is 11.8 Å². The second kappa shape index (κ2) is 26.7. The number of hydrogen-bond acceptors (Lipinski definition) is 12. The van der Waals surface area contributed by atoms with Gasteiger partial charge in [-0.1, -0.05) is 79.5 Å². The summed E-state index contributed by atoms with van der Waals surface area (Å²) < 4.78 is 23.1. The zero-order valence-corrected chi connectivity index (χ0v) is 44.6. The summed E-state index contributed by atoms with van der Waals surface area (Å²) in [5, 5.41) is 17.2. The number of methoxy groups -OCH3 is 4. The highest BCUT2D eigenvalue weighted by molar-refractivity contribution is 6.12. The molecule has 0 bridgehead atoms. The number of ether oxygens (including phenoxy) is 4. The molecule has 0 spiro atoms. The molecule has 5 unspecified atom stereocenters. The molecule has 18 nitrogen and oxygen atoms in total. The van der Waals surface area contributed by atoms with Gasteiger partial charge < -0.3 is 49.4 Å². The fraction of sp³-hybridized carbons (Fsp3) is 0.717. The SMILES string of the molecule is CC[C@H](C)C([C@@H](CC(=O)N1CCC[C@H]1C(OC)[C@@H](C)C(=O)NC1C[C@@]1(Cc1ccccc1OC)C(O)OC)OC)N(C)C(=O)[C@@H](NC(=O)C(C(C)C)N(C)C(=O)CCCCCN1C(=O)C=CC1=O)C(C)C. The van der Waals surface area contributed by atoms with Crippen LogP contribution >= 0.6 is 0 Å². The van der Waals surface area contributed by atoms with Crippen LogP contribution in [0.4, 0.5) is 0 Å². The first kappa shape index (κ1) is 58.7. The van der Waals surface area contributed by atoms with E-state index >= 15 is 0 Å². The van der Waals surface area contributed by atoms with E-state index in [1.54, 1.807) is 45.0 Å². The largest absolute Gasteiger partial charge is 0.496 e. The molecule has 1 aromatic carbocycles. The number of nitrogens with one attached hydrogen (secondary N) is 2. The van der Waals surface area contributed by atoms with Crippen molar-refractivity contribution < 1.29 is 57.6 Å². The molecule has 398 valence electrons. The average Bonchev–Trinajstić information content (AvgIpc) is 3.61. The van der Waals surface area contributed by atoms with E-state index in [1.165, 1.54) is 36.2 Å². The molecule has 0 radical (unpaired) electrons. The smallest absolute Gasteiger partial charge is 0.253 e. The molecular formula is C53H84N6O12. The Morgan fingerprint density at radius 1 is 0.859 bits per heavy atom. The number of nitrogens with zero attached hydrogens (tertiary/aromatic N) is 4. The van der Waals surface area contributed by atoms with Crippen LogP contribution in [-0.2, 0) is 54.2 Å². The van der Waals surface area contributed by atoms with Crippen molar-refractivity contribution in [2.45, 2.75) is 161 Å². The van der Waals surface area contributed by atoms with Gasteiger partial charge in [-0.25, -0.2) is 0 Å². The predicted molar refractivity (Wildman–Crippen MR) is 267 cm³/mol. The van der Waals surface area contributed by atoms with E-state index in [-0.39, 0.29) is 78.6 Å². The Balaban J connectivity index is 1.42. The van der Waals surface area contributed by atoms with Crippen molar-refractivity contribution >= 4 is 41.4 Å². The fourth-order valence-electron chi connectivity index (χ4n) is 10.7. The molecule has 4 rings (SSSR count). The Kier molecular flexibility index (Phi) is 22.0. The van der Waals surface area contributed by atoms with Gasteiger partial charge in [-0.15, -0.1) is 0 Å². The third-order valence-electron chi connectivity index (χ3n) is 15.2. The van der Waals surface area contributed by atoms with Gasteiger partial charge in [0.1, 0.15) is 17.8 Å². The molecule has 3 aliphatic rings. The van der Waals surface area contributed by atoms with Gasteiger partial charge >= 0.3 is 0 Å². The number of imide groups is 1. The maximum atomic E-state index is 14.6. The number of carbonyl (C=O) groups excluding carboxylic acids is 7. The molecule has 3 N–H and O–H groups in total. The number of amides is 7. The number of hydrogen-bond donors (Lipinski definition) is 3. The summed E-state index contributed by atoms with van der Waals surface area (Å²) in [6.45, 7) is 13.9. The number of carbonyl (C=O) groups is 7. The number of aliphatic hydroxyl groups excluding tert-OH is 1. The van der Waals surface area contributed by atoms with Gasteiger partial charge in [0.15, 0.2) is 6.29 Å². The van der Waals surface area contributed by atoms with Crippen molar-refractivity contribution in [3.63, 3.8) is 0 Å². The van der Waals surface area contributed by atoms with Gasteiger partial charge in [-0.3, -0.25) is 38.5 Å². The lowest BCUT2D eigenvalue weighted by atomic mass is 9.89. The molecule has 2 heterocycles. The first-order valence-corrected chi connectivity index (χ1v) is 25.5. The molecule has 7 amide bonds. The number of likely N-dealkylation sites (tertiary alicyclic amines) is 1. The van der Waals surface area contributed by atoms with Crippen molar-refractivity contribution in [3.8, 4) is 5.75 Å². The lowest BCUT2D eigenvalue weighted by Gasteiger charge is -2.41. The van der Waals surface area contributed by atoms with E-state index < -0.39 is 59.9 Å². The summed E-state index contributed by atoms with van der Waals surface area (Å²) in [5.41, 5.74) is 0.129. The quantitative estimate of drug-likeness (QED) is 0.0588. The normalized spacial score (nSPS) is 22.1. The third kappa shape index (κ3) is 14.2. The van der Waals surface area contributed by atoms with Crippen molar-refractivity contribution in [1.82, 2.24) is 30.2 Å². The van der Waals surface area contributed by atoms with Crippen LogP contribution < -0.4 is 15.4 Å². The maximum Gasteiger partial charge on any atom is 0.253 e. The fourth-order valence-corrected chi connectivity index (χ4v) is 10.7. The highest BCUT2D eigenvalue weighted by Gasteiger charge is 2.61. The van der Waals surface area contributed by atoms with Gasteiger partial charge in [0, 0.05) is 78.5 Å². The summed E-state index contributed by atoms with van der Waals surface area (Å²) >= 11 is 0. The second-order valence-electron chi connectivity index (χ2n) is 20.6. The zero-order valence-electron chi connectivity index (χ0n) is 44.6. The molecule has 2 aliphatic heterocycles. The average molecular weight is 997 g/mol. The topological polar surface area (TPSA) is 214 Å². The number of benzene rings is 1. The number of unbranched alkanes of at least 4 members (excludes halogenated alkanes) is 2. The minimum Gasteiger partial charge on any atom is -0.496 e. The molecule has 1 saturated carbocycles. The molecule has 2 fully saturated rings. The Hall–Kier alpha value is -4.91. The molecule has 1 aliphatic carbocycles. The van der Waals surface area contributed by atoms with E-state index in [9.17, 15) is 38.7 Å². The Labute approximate surface area is 421 Å². The van der Waals surface area contributed by atoms with Crippen molar-refractivity contribution in [2.75, 3.05) is 55.6 Å². The van der Waals surface area contributed by atoms with Crippen LogP contribution in [0.25, 0.3) is 0 Å². The standard InChI is InChI=1S/C53H84N6O12/c1-14-34(6)47(57(9)51(66)45(32(2)3)55-50(65)46(33(4)5)56(8)41(60)24-16-15-19-27-59-42(61)25-26-43(59)62)39(69-11)29-44(63)58-28-20-22-37(58)48(70-12)35(7)49(64)54-40-31-53(40,52(67)71-13)30-36-21-17-18-23-38(36)68-10/h17-18,21,23,25-26,32-35,37,39-40,45-48,52,67H,14-16,19-20,22,24,27-31H2,1-13H3,(H,54,64)(H,55,65)/t34-,35+,37-,39+,40?,45-,46?,47?,48?,52?,53+/m0/s1. The van der Waals surface area contributed by atoms with Crippen LogP contribution in [0.2, 0.25) is 0 Å². The summed E-state index contributed by atoms with van der Waals surface area (Å²) in [7, 11) is 9.36. The van der Waals surface area contributed by atoms with Gasteiger partial charge in [-0.05, 0) is 67.9 Å². The summed E-state index contributed by atoms with van der Waals surface area (Å²) in [5.74, 6) is -2.90. The Bertz CT molecular complexity index is 2010. The second-order valence-corrected chi connectivity index (χ2v) is 20.6. The predicted octanol–water partition coefficient (Wildman–Crippen LogP) is 4.11. The van der Waals surface area contributed by atoms with Crippen LogP contribution in [0.3, 0.4) is 0 Å². The first-order chi connectivity index (χ1) is 33.6. The maximum absolute atomic E-state index is 14.6. The van der Waals surface area contributed by atoms with Gasteiger partial charge in [0.05, 0.1) is 43.7 Å². The molecule has 1 aromatic rings. The Morgan fingerprint density at radius 2 is 1.52 bits per heavy atom. The van der Waals surface area contributed by atoms with Gasteiger partial charge in [0.2, 0.25) is 29.5 Å². The van der Waals surface area contributed by atoms with E-state index in [2.05, 4.69) is 10.6 Å². The monoisotopic (exact) mass is 997 g/mol. The van der Waals surface area contributed by atoms with Crippen LogP contribution in [0.1, 0.15) is 112 Å². The zero-order chi connectivity index (χ0) is 52.9. The van der Waals surface area contributed by atoms with Crippen molar-refractivity contribution in [1.29, 1.82) is 0 Å². The molecule has 18 heteroatoms. The molecular weight excluding hydrogens is 913 g/mol. The summed E-state index contributed by atoms with van der Waals surface area (Å²) in [6, 6.07) is 4.39. The van der Waals surface area contributed by atoms with Gasteiger partial charge in [-0.2, -0.15) is 0 Å². The van der Waals surface area contributed by atoms with E-state index in [1.807, 2.05) is 65.8 Å². The lowest BCUT2D eigenvalue weighted by Crippen LogP contribution is -2.60. The lowest BCUT2D eigenvalue weighted by molar-refractivity contribution is -0.148. The highest BCUT2D eigenvalue weighted by Crippen LogP contribution is 2.53. The summed E-state index contributed by atoms with van der Waals surface area (Å²) in [4.78, 5) is 100. The minimum atomic E-state index is -1.13. The number of para-hydroxylation sites is 1. The van der Waals surface area contributed by atoms with Crippen LogP contribution in [-0.4, -0.2) is 170 Å². The molecule has 0 aromatic heterocycles. The Morgan fingerprint density at radius 3 is 2.10 bits per heavy atom. The minimum absolute atomic E-state index is 0.0498. The van der Waals surface area contributed by atoms with Crippen molar-refractivity contribution in [2.24, 2.45) is 29.1 Å². The highest BCUT2D eigenvalue weighted by atomic mass is 16.6. The number of rotatable bonds is 29. The first-order valence-electron chi connectivity index (χ1n) is 25.5. The van der Waals surface area contributed by atoms with Crippen LogP contribution in [0.15, 0.2) is 36.4 Å². The molecule has 1 saturated heterocycles. The van der Waals surface area contributed by atoms with E-state index in [4.69, 9.17) is 18.9 Å². The number of aliphatic hydroxyl groups is 1. The van der Waals surface area contributed by atoms with Crippen LogP contribution in [0, 0.1) is 29.1 Å². The van der Waals surface area contributed by atoms with E-state index in [0.717, 1.165) is 5.56 Å². The van der Waals surface area contributed by atoms with Crippen LogP contribution in [0.5, 0.6) is 5.75 Å². The number of likely N-dealkylation sites (N-methyl/N-ethyl adjacent to an activating group) is 2. The molecule has 11 atom stereocenters. The van der Waals surface area contributed by atoms with E-state index in [0.29, 0.717) is 63.7 Å². The van der Waals surface area contributed by atoms with Crippen molar-refractivity contribution in [3.05, 3.63) is 42.0 Å². The third-order valence-corrected chi connectivity index (χ3v) is 15.2. The molecule has 71 heavy (non-hydrogen) atoms.